The van der Waals surface area contributed by atoms with Gasteiger partial charge in [0.05, 0.1) is 18.5 Å². The summed E-state index contributed by atoms with van der Waals surface area (Å²) in [6, 6.07) is 10.9. The molecule has 4 aromatic rings. The Kier molecular flexibility index (Phi) is 15.4. The number of fused-ring (bicyclic) bond motifs is 1. The lowest BCUT2D eigenvalue weighted by molar-refractivity contribution is -0.0565. The largest absolute Gasteiger partial charge is 0.490 e. The minimum atomic E-state index is -5.85. The molecule has 1 fully saturated rings. The van der Waals surface area contributed by atoms with Crippen molar-refractivity contribution in [2.45, 2.75) is 51.9 Å². The Balaban J connectivity index is 0.000000940. The number of hydrogen-bond donors (Lipinski definition) is 8. The molecule has 26 heteroatoms. The van der Waals surface area contributed by atoms with Crippen molar-refractivity contribution in [3.8, 4) is 0 Å². The van der Waals surface area contributed by atoms with Crippen LogP contribution in [-0.4, -0.2) is 111 Å². The smallest absolute Gasteiger partial charge is 0.459 e. The van der Waals surface area contributed by atoms with Crippen molar-refractivity contribution in [2.75, 3.05) is 32.0 Å². The first kappa shape index (κ1) is 45.7. The molecule has 0 radical (unpaired) electrons. The number of esters is 1. The van der Waals surface area contributed by atoms with E-state index >= 15 is 0 Å². The fourth-order valence-corrected chi connectivity index (χ4v) is 8.40. The van der Waals surface area contributed by atoms with Gasteiger partial charge in [-0.05, 0) is 43.4 Å². The van der Waals surface area contributed by atoms with Gasteiger partial charge in [-0.2, -0.15) is 13.6 Å². The van der Waals surface area contributed by atoms with Crippen LogP contribution < -0.4 is 11.3 Å². The van der Waals surface area contributed by atoms with Crippen LogP contribution in [0.1, 0.15) is 58.8 Å². The summed E-state index contributed by atoms with van der Waals surface area (Å²) in [5.74, 6) is -1.98. The van der Waals surface area contributed by atoms with Crippen molar-refractivity contribution in [3.05, 3.63) is 87.5 Å². The van der Waals surface area contributed by atoms with E-state index in [0.29, 0.717) is 0 Å². The third kappa shape index (κ3) is 12.2. The third-order valence-corrected chi connectivity index (χ3v) is 12.0. The molecule has 312 valence electrons. The average Bonchev–Trinajstić information content (AvgIpc) is 3.68. The van der Waals surface area contributed by atoms with E-state index in [0.717, 1.165) is 29.1 Å². The second-order valence-electron chi connectivity index (χ2n) is 12.0. The summed E-state index contributed by atoms with van der Waals surface area (Å²) < 4.78 is 59.2. The molecule has 1 saturated heterocycles. The SMILES string of the molecule is CCN(CC)CC.Nc1nc2c(ncn2C2OC(COC(=O)c3ccc(C(=O)c4ccccc4)c(COP(=O)(O)OP(=O)(O)OP(=O)(O)O)c3)C(O)C2O)c(=O)[nH]1. The predicted molar refractivity (Wildman–Crippen MR) is 197 cm³/mol. The minimum absolute atomic E-state index is 0.0611. The number of carbonyl (C=O) groups excluding carboxylic acids is 2. The lowest BCUT2D eigenvalue weighted by Gasteiger charge is -2.18. The summed E-state index contributed by atoms with van der Waals surface area (Å²) in [6.45, 7) is 8.44. The number of hydrogen-bond acceptors (Lipinski definition) is 17. The number of rotatable bonds is 16. The molecule has 57 heavy (non-hydrogen) atoms. The number of aliphatic hydroxyl groups is 2. The molecule has 0 spiro atoms. The quantitative estimate of drug-likeness (QED) is 0.0450. The minimum Gasteiger partial charge on any atom is -0.459 e. The van der Waals surface area contributed by atoms with Gasteiger partial charge >= 0.3 is 29.4 Å². The van der Waals surface area contributed by atoms with E-state index in [4.69, 9.17) is 25.0 Å². The zero-order valence-corrected chi connectivity index (χ0v) is 33.1. The molecule has 5 rings (SSSR count). The maximum absolute atomic E-state index is 13.2. The number of benzene rings is 2. The van der Waals surface area contributed by atoms with Crippen molar-refractivity contribution < 1.29 is 75.7 Å². The maximum Gasteiger partial charge on any atom is 0.490 e. The number of phosphoric ester groups is 1. The number of ether oxygens (including phenoxy) is 2. The number of nitrogens with two attached hydrogens (primary N) is 1. The van der Waals surface area contributed by atoms with Crippen LogP contribution in [0.3, 0.4) is 0 Å². The number of aliphatic hydroxyl groups excluding tert-OH is 2. The first-order chi connectivity index (χ1) is 26.7. The van der Waals surface area contributed by atoms with Crippen molar-refractivity contribution >= 4 is 52.3 Å². The monoisotopic (exact) mass is 862 g/mol. The van der Waals surface area contributed by atoms with Crippen LogP contribution in [-0.2, 0) is 42.9 Å². The lowest BCUT2D eigenvalue weighted by atomic mass is 9.97. The highest BCUT2D eigenvalue weighted by Gasteiger charge is 2.45. The number of aromatic nitrogens is 4. The third-order valence-electron chi connectivity index (χ3n) is 8.20. The van der Waals surface area contributed by atoms with Crippen molar-refractivity contribution in [2.24, 2.45) is 0 Å². The highest BCUT2D eigenvalue weighted by molar-refractivity contribution is 7.66. The Morgan fingerprint density at radius 1 is 0.930 bits per heavy atom. The molecule has 0 amide bonds. The van der Waals surface area contributed by atoms with Gasteiger partial charge in [-0.1, -0.05) is 51.1 Å². The summed E-state index contributed by atoms with van der Waals surface area (Å²) in [4.78, 5) is 87.8. The molecular formula is C31H41N6O17P3. The van der Waals surface area contributed by atoms with Gasteiger partial charge in [0, 0.05) is 11.1 Å². The number of nitrogen functional groups attached to an aromatic ring is 1. The van der Waals surface area contributed by atoms with Gasteiger partial charge in [-0.25, -0.2) is 23.5 Å². The molecule has 3 heterocycles. The van der Waals surface area contributed by atoms with E-state index in [9.17, 15) is 48.1 Å². The Morgan fingerprint density at radius 2 is 1.58 bits per heavy atom. The Hall–Kier alpha value is -4.02. The molecule has 2 aromatic carbocycles. The van der Waals surface area contributed by atoms with Gasteiger partial charge in [-0.15, -0.1) is 0 Å². The molecule has 6 atom stereocenters. The Morgan fingerprint density at radius 3 is 2.18 bits per heavy atom. The predicted octanol–water partition coefficient (Wildman–Crippen LogP) is 1.60. The Bertz CT molecular complexity index is 2240. The second-order valence-corrected chi connectivity index (χ2v) is 16.4. The van der Waals surface area contributed by atoms with E-state index in [-0.39, 0.29) is 39.4 Å². The highest BCUT2D eigenvalue weighted by Crippen LogP contribution is 2.66. The summed E-state index contributed by atoms with van der Waals surface area (Å²) in [5.41, 5.74) is 4.19. The van der Waals surface area contributed by atoms with Gasteiger partial charge in [-0.3, -0.25) is 23.7 Å². The zero-order chi connectivity index (χ0) is 42.3. The van der Waals surface area contributed by atoms with Gasteiger partial charge in [0.2, 0.25) is 5.95 Å². The summed E-state index contributed by atoms with van der Waals surface area (Å²) in [6.07, 6.45) is -4.75. The molecule has 0 saturated carbocycles. The lowest BCUT2D eigenvalue weighted by Crippen LogP contribution is -2.34. The summed E-state index contributed by atoms with van der Waals surface area (Å²) >= 11 is 0. The van der Waals surface area contributed by atoms with Gasteiger partial charge in [0.1, 0.15) is 24.9 Å². The summed E-state index contributed by atoms with van der Waals surface area (Å²) in [5, 5.41) is 21.3. The van der Waals surface area contributed by atoms with Crippen LogP contribution in [0.5, 0.6) is 0 Å². The number of anilines is 1. The molecule has 0 bridgehead atoms. The Labute approximate surface area is 323 Å². The van der Waals surface area contributed by atoms with Crippen LogP contribution in [0.2, 0.25) is 0 Å². The van der Waals surface area contributed by atoms with Crippen LogP contribution >= 0.6 is 23.5 Å². The zero-order valence-electron chi connectivity index (χ0n) is 30.4. The molecule has 9 N–H and O–H groups in total. The van der Waals surface area contributed by atoms with Gasteiger partial charge in [0.25, 0.3) is 5.56 Å². The number of ketones is 1. The summed E-state index contributed by atoms with van der Waals surface area (Å²) in [7, 11) is -17.1. The fourth-order valence-electron chi connectivity index (χ4n) is 5.40. The first-order valence-corrected chi connectivity index (χ1v) is 21.4. The van der Waals surface area contributed by atoms with Gasteiger partial charge < -0.3 is 49.9 Å². The van der Waals surface area contributed by atoms with E-state index in [1.165, 1.54) is 31.8 Å². The van der Waals surface area contributed by atoms with E-state index in [1.807, 2.05) is 0 Å². The topological polar surface area (TPSA) is 346 Å². The van der Waals surface area contributed by atoms with Crippen LogP contribution in [0.15, 0.2) is 59.7 Å². The molecular weight excluding hydrogens is 821 g/mol. The van der Waals surface area contributed by atoms with E-state index in [2.05, 4.69) is 53.8 Å². The number of phosphoric acid groups is 3. The number of nitrogens with zero attached hydrogens (tertiary/aromatic N) is 4. The second kappa shape index (κ2) is 19.2. The normalized spacial score (nSPS) is 20.4. The van der Waals surface area contributed by atoms with Crippen molar-refractivity contribution in [1.82, 2.24) is 24.4 Å². The first-order valence-electron chi connectivity index (χ1n) is 16.8. The van der Waals surface area contributed by atoms with E-state index < -0.39 is 78.5 Å². The molecule has 2 aromatic heterocycles. The van der Waals surface area contributed by atoms with Crippen LogP contribution in [0.4, 0.5) is 5.95 Å². The molecule has 0 aliphatic carbocycles. The van der Waals surface area contributed by atoms with Crippen molar-refractivity contribution in [3.63, 3.8) is 0 Å². The number of aromatic amines is 1. The number of carbonyl (C=O) groups is 2. The molecule has 1 aliphatic rings. The number of nitrogens with one attached hydrogen (secondary N) is 1. The average molecular weight is 863 g/mol. The number of imidazole rings is 1. The standard InChI is InChI=1S/C25H26N5O17P3.C6H15N/c26-25-28-21-17(22(34)29-25)27-11-30(21)23-20(33)19(32)16(45-23)10-43-24(35)13-6-7-15(18(31)12-4-2-1-3-5-12)14(8-13)9-44-49(39,40)47-50(41,42)46-48(36,37)38;1-4-7(5-2)6-3/h1-8,11,16,19-20,23,32-33H,9-10H2,(H,39,40)(H,41,42)(H2,36,37,38)(H3,26,28,29,34);4-6H2,1-3H3. The molecule has 23 nitrogen and oxygen atoms in total. The molecule has 6 unspecified atom stereocenters. The molecule has 1 aliphatic heterocycles. The fraction of sp³-hybridized carbons (Fsp3) is 0.387. The van der Waals surface area contributed by atoms with E-state index in [1.54, 1.807) is 18.2 Å². The van der Waals surface area contributed by atoms with Gasteiger partial charge in [0.15, 0.2) is 23.2 Å². The maximum atomic E-state index is 13.2. The number of H-pyrrole nitrogens is 1. The van der Waals surface area contributed by atoms with Crippen LogP contribution in [0, 0.1) is 0 Å². The highest BCUT2D eigenvalue weighted by atomic mass is 31.3. The van der Waals surface area contributed by atoms with Crippen LogP contribution in [0.25, 0.3) is 11.2 Å². The van der Waals surface area contributed by atoms with Crippen molar-refractivity contribution in [1.29, 1.82) is 0 Å².